The van der Waals surface area contributed by atoms with Gasteiger partial charge in [0.1, 0.15) is 4.99 Å². The molecule has 2 N–H and O–H groups in total. The average molecular weight is 299 g/mol. The Morgan fingerprint density at radius 3 is 2.95 bits per heavy atom. The second kappa shape index (κ2) is 5.75. The van der Waals surface area contributed by atoms with E-state index < -0.39 is 0 Å². The Balaban J connectivity index is 2.24. The third kappa shape index (κ3) is 2.98. The molecule has 1 fully saturated rings. The largest absolute Gasteiger partial charge is 0.469 e. The van der Waals surface area contributed by atoms with Crippen molar-refractivity contribution in [3.63, 3.8) is 0 Å². The summed E-state index contributed by atoms with van der Waals surface area (Å²) in [6.07, 6.45) is 0.770. The van der Waals surface area contributed by atoms with Crippen molar-refractivity contribution in [2.75, 3.05) is 25.1 Å². The van der Waals surface area contributed by atoms with Crippen molar-refractivity contribution in [2.24, 2.45) is 11.7 Å². The summed E-state index contributed by atoms with van der Waals surface area (Å²) in [6.45, 7) is 1.39. The third-order valence-corrected chi connectivity index (χ3v) is 3.74. The molecule has 4 nitrogen and oxygen atoms in total. The van der Waals surface area contributed by atoms with E-state index in [1.54, 1.807) is 12.1 Å². The zero-order chi connectivity index (χ0) is 14.0. The van der Waals surface area contributed by atoms with Crippen LogP contribution in [-0.4, -0.2) is 31.2 Å². The first-order chi connectivity index (χ1) is 9.02. The maximum Gasteiger partial charge on any atom is 0.310 e. The van der Waals surface area contributed by atoms with E-state index in [0.29, 0.717) is 16.6 Å². The van der Waals surface area contributed by atoms with Crippen molar-refractivity contribution in [1.29, 1.82) is 0 Å². The fraction of sp³-hybridized carbons (Fsp3) is 0.385. The molecule has 1 aliphatic heterocycles. The zero-order valence-corrected chi connectivity index (χ0v) is 12.1. The number of carbonyl (C=O) groups excluding carboxylic acids is 1. The predicted octanol–water partition coefficient (Wildman–Crippen LogP) is 1.97. The Morgan fingerprint density at radius 2 is 2.32 bits per heavy atom. The Hall–Kier alpha value is -1.33. The zero-order valence-electron chi connectivity index (χ0n) is 10.6. The quantitative estimate of drug-likeness (QED) is 0.683. The van der Waals surface area contributed by atoms with Gasteiger partial charge in [-0.2, -0.15) is 0 Å². The highest BCUT2D eigenvalue weighted by Gasteiger charge is 2.30. The number of hydrogen-bond donors (Lipinski definition) is 1. The van der Waals surface area contributed by atoms with Gasteiger partial charge in [0.25, 0.3) is 0 Å². The lowest BCUT2D eigenvalue weighted by atomic mass is 10.1. The number of nitrogens with zero attached hydrogens (tertiary/aromatic N) is 1. The first-order valence-corrected chi connectivity index (χ1v) is 6.73. The molecule has 0 radical (unpaired) electrons. The lowest BCUT2D eigenvalue weighted by molar-refractivity contribution is -0.144. The SMILES string of the molecule is COC(=O)C1CCN(c2ccc(Cl)cc2C(N)=S)C1. The predicted molar refractivity (Wildman–Crippen MR) is 79.7 cm³/mol. The maximum absolute atomic E-state index is 11.5. The van der Waals surface area contributed by atoms with Crippen LogP contribution in [0, 0.1) is 5.92 Å². The fourth-order valence-electron chi connectivity index (χ4n) is 2.32. The van der Waals surface area contributed by atoms with Gasteiger partial charge in [-0.3, -0.25) is 4.79 Å². The lowest BCUT2D eigenvalue weighted by Crippen LogP contribution is -2.26. The molecule has 1 aromatic carbocycles. The fourth-order valence-corrected chi connectivity index (χ4v) is 2.66. The van der Waals surface area contributed by atoms with Crippen molar-refractivity contribution in [1.82, 2.24) is 0 Å². The van der Waals surface area contributed by atoms with Crippen LogP contribution in [-0.2, 0) is 9.53 Å². The first-order valence-electron chi connectivity index (χ1n) is 5.95. The molecule has 1 saturated heterocycles. The molecule has 6 heteroatoms. The standard InChI is InChI=1S/C13H15ClN2O2S/c1-18-13(17)8-4-5-16(7-8)11-3-2-9(14)6-10(11)12(15)19/h2-3,6,8H,4-5,7H2,1H3,(H2,15,19). The van der Waals surface area contributed by atoms with E-state index in [0.717, 1.165) is 24.2 Å². The number of benzene rings is 1. The van der Waals surface area contributed by atoms with Crippen LogP contribution in [0.5, 0.6) is 0 Å². The molecule has 0 aromatic heterocycles. The van der Waals surface area contributed by atoms with Gasteiger partial charge < -0.3 is 15.4 Å². The highest BCUT2D eigenvalue weighted by molar-refractivity contribution is 7.80. The van der Waals surface area contributed by atoms with Crippen LogP contribution in [0.2, 0.25) is 5.02 Å². The molecule has 0 amide bonds. The summed E-state index contributed by atoms with van der Waals surface area (Å²) in [4.78, 5) is 13.9. The van der Waals surface area contributed by atoms with Gasteiger partial charge in [-0.1, -0.05) is 23.8 Å². The summed E-state index contributed by atoms with van der Waals surface area (Å²) in [5.41, 5.74) is 7.39. The number of ether oxygens (including phenoxy) is 1. The normalized spacial score (nSPS) is 18.4. The molecule has 1 aromatic rings. The summed E-state index contributed by atoms with van der Waals surface area (Å²) >= 11 is 11.0. The van der Waals surface area contributed by atoms with Gasteiger partial charge in [-0.25, -0.2) is 0 Å². The molecule has 19 heavy (non-hydrogen) atoms. The van der Waals surface area contributed by atoms with Crippen molar-refractivity contribution >= 4 is 40.5 Å². The first kappa shape index (κ1) is 14.1. The van der Waals surface area contributed by atoms with Crippen LogP contribution in [0.25, 0.3) is 0 Å². The number of esters is 1. The van der Waals surface area contributed by atoms with E-state index in [9.17, 15) is 4.79 Å². The highest BCUT2D eigenvalue weighted by Crippen LogP contribution is 2.29. The van der Waals surface area contributed by atoms with Gasteiger partial charge in [0.15, 0.2) is 0 Å². The topological polar surface area (TPSA) is 55.6 Å². The molecule has 0 spiro atoms. The molecule has 2 rings (SSSR count). The maximum atomic E-state index is 11.5. The highest BCUT2D eigenvalue weighted by atomic mass is 35.5. The van der Waals surface area contributed by atoms with Crippen molar-refractivity contribution in [2.45, 2.75) is 6.42 Å². The minimum atomic E-state index is -0.173. The summed E-state index contributed by atoms with van der Waals surface area (Å²) in [6, 6.07) is 5.44. The van der Waals surface area contributed by atoms with E-state index in [2.05, 4.69) is 4.90 Å². The Morgan fingerprint density at radius 1 is 1.58 bits per heavy atom. The molecular formula is C13H15ClN2O2S. The minimum Gasteiger partial charge on any atom is -0.469 e. The number of thiocarbonyl (C=S) groups is 1. The van der Waals surface area contributed by atoms with Crippen LogP contribution in [0.4, 0.5) is 5.69 Å². The molecule has 1 unspecified atom stereocenters. The van der Waals surface area contributed by atoms with Crippen LogP contribution in [0.15, 0.2) is 18.2 Å². The van der Waals surface area contributed by atoms with Crippen molar-refractivity contribution < 1.29 is 9.53 Å². The minimum absolute atomic E-state index is 0.0973. The van der Waals surface area contributed by atoms with Gasteiger partial charge in [-0.15, -0.1) is 0 Å². The number of rotatable bonds is 3. The number of methoxy groups -OCH3 is 1. The molecule has 1 heterocycles. The second-order valence-corrected chi connectivity index (χ2v) is 5.36. The van der Waals surface area contributed by atoms with Gasteiger partial charge in [-0.05, 0) is 24.6 Å². The molecule has 0 aliphatic carbocycles. The molecule has 1 atom stereocenters. The van der Waals surface area contributed by atoms with E-state index in [-0.39, 0.29) is 11.9 Å². The molecule has 102 valence electrons. The smallest absolute Gasteiger partial charge is 0.310 e. The summed E-state index contributed by atoms with van der Waals surface area (Å²) in [5.74, 6) is -0.270. The third-order valence-electron chi connectivity index (χ3n) is 3.29. The molecular weight excluding hydrogens is 284 g/mol. The average Bonchev–Trinajstić information content (AvgIpc) is 2.87. The molecule has 0 saturated carbocycles. The number of carbonyl (C=O) groups is 1. The van der Waals surface area contributed by atoms with E-state index >= 15 is 0 Å². The summed E-state index contributed by atoms with van der Waals surface area (Å²) in [7, 11) is 1.41. The number of anilines is 1. The van der Waals surface area contributed by atoms with Crippen molar-refractivity contribution in [3.8, 4) is 0 Å². The Kier molecular flexibility index (Phi) is 4.27. The number of nitrogens with two attached hydrogens (primary N) is 1. The Bertz CT molecular complexity index is 521. The van der Waals surface area contributed by atoms with Gasteiger partial charge in [0, 0.05) is 29.4 Å². The van der Waals surface area contributed by atoms with Crippen molar-refractivity contribution in [3.05, 3.63) is 28.8 Å². The van der Waals surface area contributed by atoms with Crippen LogP contribution >= 0.6 is 23.8 Å². The lowest BCUT2D eigenvalue weighted by Gasteiger charge is -2.21. The molecule has 1 aliphatic rings. The number of halogens is 1. The summed E-state index contributed by atoms with van der Waals surface area (Å²) < 4.78 is 4.78. The van der Waals surface area contributed by atoms with E-state index in [1.165, 1.54) is 7.11 Å². The van der Waals surface area contributed by atoms with E-state index in [4.69, 9.17) is 34.3 Å². The monoisotopic (exact) mass is 298 g/mol. The van der Waals surface area contributed by atoms with Gasteiger partial charge in [0.2, 0.25) is 0 Å². The van der Waals surface area contributed by atoms with E-state index in [1.807, 2.05) is 6.07 Å². The molecule has 0 bridgehead atoms. The van der Waals surface area contributed by atoms with Gasteiger partial charge in [0.05, 0.1) is 13.0 Å². The summed E-state index contributed by atoms with van der Waals surface area (Å²) in [5, 5.41) is 0.593. The number of hydrogen-bond acceptors (Lipinski definition) is 4. The van der Waals surface area contributed by atoms with Crippen LogP contribution in [0.3, 0.4) is 0 Å². The van der Waals surface area contributed by atoms with Gasteiger partial charge >= 0.3 is 5.97 Å². The second-order valence-electron chi connectivity index (χ2n) is 4.48. The van der Waals surface area contributed by atoms with Crippen LogP contribution < -0.4 is 10.6 Å². The Labute approximate surface area is 122 Å². The van der Waals surface area contributed by atoms with Crippen LogP contribution in [0.1, 0.15) is 12.0 Å².